The molecule has 0 saturated heterocycles. The predicted octanol–water partition coefficient (Wildman–Crippen LogP) is 3.58. The third-order valence-electron chi connectivity index (χ3n) is 2.73. The van der Waals surface area contributed by atoms with Crippen LogP contribution in [0.15, 0.2) is 59.1 Å². The number of halogens is 2. The molecule has 2 rings (SSSR count). The summed E-state index contributed by atoms with van der Waals surface area (Å²) in [6.07, 6.45) is 2.87. The van der Waals surface area contributed by atoms with Crippen LogP contribution < -0.4 is 10.9 Å². The van der Waals surface area contributed by atoms with Crippen LogP contribution in [0.4, 0.5) is 0 Å². The molecule has 112 valence electrons. The lowest BCUT2D eigenvalue weighted by atomic mass is 10.2. The third kappa shape index (κ3) is 4.72. The van der Waals surface area contributed by atoms with Gasteiger partial charge in [-0.3, -0.25) is 20.4 Å². The van der Waals surface area contributed by atoms with Crippen molar-refractivity contribution in [2.24, 2.45) is 0 Å². The van der Waals surface area contributed by atoms with Crippen molar-refractivity contribution in [3.05, 3.63) is 75.2 Å². The van der Waals surface area contributed by atoms with Crippen molar-refractivity contribution in [3.8, 4) is 0 Å². The summed E-state index contributed by atoms with van der Waals surface area (Å²) < 4.78 is 0.871. The molecule has 0 aliphatic rings. The molecule has 22 heavy (non-hydrogen) atoms. The van der Waals surface area contributed by atoms with Gasteiger partial charge in [0.2, 0.25) is 0 Å². The molecule has 0 saturated carbocycles. The average Bonchev–Trinajstić information content (AvgIpc) is 2.52. The minimum absolute atomic E-state index is 0.396. The number of nitrogens with one attached hydrogen (secondary N) is 2. The van der Waals surface area contributed by atoms with Crippen molar-refractivity contribution in [1.82, 2.24) is 10.9 Å². The molecular weight excluding hydrogens is 368 g/mol. The molecule has 0 bridgehead atoms. The lowest BCUT2D eigenvalue weighted by Gasteiger charge is -2.05. The van der Waals surface area contributed by atoms with Gasteiger partial charge in [0.1, 0.15) is 0 Å². The van der Waals surface area contributed by atoms with Crippen LogP contribution >= 0.6 is 27.5 Å². The Hall–Kier alpha value is -2.11. The van der Waals surface area contributed by atoms with E-state index in [1.165, 1.54) is 6.08 Å². The Bertz CT molecular complexity index is 714. The molecular formula is C16H12BrClN2O2. The van der Waals surface area contributed by atoms with Crippen molar-refractivity contribution in [1.29, 1.82) is 0 Å². The molecule has 2 amide bonds. The molecule has 4 nitrogen and oxygen atoms in total. The highest BCUT2D eigenvalue weighted by atomic mass is 79.9. The van der Waals surface area contributed by atoms with E-state index in [0.29, 0.717) is 10.6 Å². The molecule has 0 aliphatic heterocycles. The molecule has 2 N–H and O–H groups in total. The first-order valence-electron chi connectivity index (χ1n) is 6.35. The first-order chi connectivity index (χ1) is 10.6. The summed E-state index contributed by atoms with van der Waals surface area (Å²) in [6.45, 7) is 0. The normalized spacial score (nSPS) is 10.5. The fourth-order valence-corrected chi connectivity index (χ4v) is 2.07. The van der Waals surface area contributed by atoms with Gasteiger partial charge < -0.3 is 0 Å². The van der Waals surface area contributed by atoms with Crippen LogP contribution in [0, 0.1) is 0 Å². The molecule has 0 unspecified atom stereocenters. The molecule has 0 atom stereocenters. The summed E-state index contributed by atoms with van der Waals surface area (Å²) in [5.74, 6) is -0.850. The van der Waals surface area contributed by atoms with Crippen LogP contribution in [-0.2, 0) is 4.79 Å². The summed E-state index contributed by atoms with van der Waals surface area (Å²) in [6, 6.07) is 13.9. The van der Waals surface area contributed by atoms with Crippen LogP contribution in [-0.4, -0.2) is 11.8 Å². The van der Waals surface area contributed by atoms with Crippen LogP contribution in [0.2, 0.25) is 5.02 Å². The zero-order valence-corrected chi connectivity index (χ0v) is 13.7. The van der Waals surface area contributed by atoms with Gasteiger partial charge in [-0.25, -0.2) is 0 Å². The highest BCUT2D eigenvalue weighted by Crippen LogP contribution is 2.16. The molecule has 0 radical (unpaired) electrons. The smallest absolute Gasteiger partial charge is 0.268 e. The number of carbonyl (C=O) groups excluding carboxylic acids is 2. The quantitative estimate of drug-likeness (QED) is 0.632. The fraction of sp³-hybridized carbons (Fsp3) is 0. The Morgan fingerprint density at radius 1 is 1.00 bits per heavy atom. The Kier molecular flexibility index (Phi) is 5.75. The van der Waals surface area contributed by atoms with Gasteiger partial charge in [-0.05, 0) is 42.0 Å². The topological polar surface area (TPSA) is 58.2 Å². The maximum atomic E-state index is 11.8. The third-order valence-corrected chi connectivity index (χ3v) is 3.60. The number of hydrogen-bond acceptors (Lipinski definition) is 2. The van der Waals surface area contributed by atoms with Crippen LogP contribution in [0.25, 0.3) is 6.08 Å². The first kappa shape index (κ1) is 16.3. The van der Waals surface area contributed by atoms with Gasteiger partial charge in [0.05, 0.1) is 0 Å². The number of amides is 2. The molecule has 2 aromatic rings. The van der Waals surface area contributed by atoms with Gasteiger partial charge in [0, 0.05) is 21.1 Å². The number of hydrazine groups is 1. The molecule has 0 heterocycles. The molecule has 0 aliphatic carbocycles. The largest absolute Gasteiger partial charge is 0.269 e. The van der Waals surface area contributed by atoms with E-state index < -0.39 is 11.8 Å². The van der Waals surface area contributed by atoms with Gasteiger partial charge in [-0.2, -0.15) is 0 Å². The second kappa shape index (κ2) is 7.77. The van der Waals surface area contributed by atoms with Crippen molar-refractivity contribution in [2.45, 2.75) is 0 Å². The van der Waals surface area contributed by atoms with Gasteiger partial charge in [-0.1, -0.05) is 45.7 Å². The predicted molar refractivity (Wildman–Crippen MR) is 90.2 cm³/mol. The molecule has 6 heteroatoms. The number of hydrogen-bond donors (Lipinski definition) is 2. The summed E-state index contributed by atoms with van der Waals surface area (Å²) in [5, 5.41) is 0.547. The van der Waals surface area contributed by atoms with Crippen molar-refractivity contribution < 1.29 is 9.59 Å². The van der Waals surface area contributed by atoms with E-state index in [1.54, 1.807) is 48.5 Å². The fourth-order valence-electron chi connectivity index (χ4n) is 1.61. The highest BCUT2D eigenvalue weighted by Gasteiger charge is 2.05. The van der Waals surface area contributed by atoms with Gasteiger partial charge in [0.25, 0.3) is 11.8 Å². The second-order valence-electron chi connectivity index (χ2n) is 4.31. The van der Waals surface area contributed by atoms with Gasteiger partial charge in [-0.15, -0.1) is 0 Å². The van der Waals surface area contributed by atoms with Crippen LogP contribution in [0.5, 0.6) is 0 Å². The van der Waals surface area contributed by atoms with E-state index in [2.05, 4.69) is 26.8 Å². The van der Waals surface area contributed by atoms with E-state index in [9.17, 15) is 9.59 Å². The lowest BCUT2D eigenvalue weighted by Crippen LogP contribution is -2.40. The van der Waals surface area contributed by atoms with Crippen molar-refractivity contribution in [3.63, 3.8) is 0 Å². The zero-order chi connectivity index (χ0) is 15.9. The maximum Gasteiger partial charge on any atom is 0.269 e. The second-order valence-corrected chi connectivity index (χ2v) is 5.63. The minimum Gasteiger partial charge on any atom is -0.268 e. The van der Waals surface area contributed by atoms with E-state index in [-0.39, 0.29) is 0 Å². The lowest BCUT2D eigenvalue weighted by molar-refractivity contribution is -0.117. The molecule has 2 aromatic carbocycles. The van der Waals surface area contributed by atoms with E-state index in [0.717, 1.165) is 10.0 Å². The summed E-state index contributed by atoms with van der Waals surface area (Å²) in [4.78, 5) is 23.5. The van der Waals surface area contributed by atoms with E-state index in [1.807, 2.05) is 6.07 Å². The molecule has 0 aromatic heterocycles. The summed E-state index contributed by atoms with van der Waals surface area (Å²) in [5.41, 5.74) is 5.80. The zero-order valence-electron chi connectivity index (χ0n) is 11.3. The number of carbonyl (C=O) groups is 2. The first-order valence-corrected chi connectivity index (χ1v) is 7.52. The maximum absolute atomic E-state index is 11.8. The average molecular weight is 380 g/mol. The summed E-state index contributed by atoms with van der Waals surface area (Å²) >= 11 is 9.26. The Labute approximate surface area is 141 Å². The van der Waals surface area contributed by atoms with Crippen molar-refractivity contribution >= 4 is 45.4 Å². The minimum atomic E-state index is -0.453. The number of rotatable bonds is 3. The van der Waals surface area contributed by atoms with E-state index >= 15 is 0 Å². The SMILES string of the molecule is O=C(C=Cc1ccccc1Cl)NNC(=O)c1ccc(Br)cc1. The van der Waals surface area contributed by atoms with Crippen LogP contribution in [0.1, 0.15) is 15.9 Å². The summed E-state index contributed by atoms with van der Waals surface area (Å²) in [7, 11) is 0. The van der Waals surface area contributed by atoms with Gasteiger partial charge in [0.15, 0.2) is 0 Å². The highest BCUT2D eigenvalue weighted by molar-refractivity contribution is 9.10. The molecule has 0 spiro atoms. The van der Waals surface area contributed by atoms with Crippen molar-refractivity contribution in [2.75, 3.05) is 0 Å². The Balaban J connectivity index is 1.89. The van der Waals surface area contributed by atoms with Gasteiger partial charge >= 0.3 is 0 Å². The molecule has 0 fully saturated rings. The monoisotopic (exact) mass is 378 g/mol. The van der Waals surface area contributed by atoms with E-state index in [4.69, 9.17) is 11.6 Å². The Morgan fingerprint density at radius 2 is 1.68 bits per heavy atom. The van der Waals surface area contributed by atoms with Crippen LogP contribution in [0.3, 0.4) is 0 Å². The Morgan fingerprint density at radius 3 is 2.36 bits per heavy atom. The standard InChI is InChI=1S/C16H12BrClN2O2/c17-13-8-5-12(6-9-13)16(22)20-19-15(21)10-7-11-3-1-2-4-14(11)18/h1-10H,(H,19,21)(H,20,22). The number of benzene rings is 2.